The van der Waals surface area contributed by atoms with Crippen LogP contribution in [0.15, 0.2) is 29.4 Å². The lowest BCUT2D eigenvalue weighted by Gasteiger charge is -1.88. The Hall–Kier alpha value is -1.03. The van der Waals surface area contributed by atoms with Crippen LogP contribution in [-0.2, 0) is 15.6 Å². The predicted octanol–water partition coefficient (Wildman–Crippen LogP) is 0.379. The minimum absolute atomic E-state index is 0.303. The van der Waals surface area contributed by atoms with Crippen LogP contribution in [0.2, 0.25) is 0 Å². The van der Waals surface area contributed by atoms with Crippen molar-refractivity contribution in [2.24, 2.45) is 0 Å². The Bertz CT molecular complexity index is 247. The summed E-state index contributed by atoms with van der Waals surface area (Å²) < 4.78 is 10.7. The fourth-order valence-corrected chi connectivity index (χ4v) is 0.991. The van der Waals surface area contributed by atoms with Crippen molar-refractivity contribution in [3.63, 3.8) is 0 Å². The average Bonchev–Trinajstić information content (AvgIpc) is 2.05. The molecular formula is C6H5NO2S. The van der Waals surface area contributed by atoms with Crippen LogP contribution in [0.1, 0.15) is 0 Å². The number of nitrogens with zero attached hydrogens (tertiary/aromatic N) is 1. The van der Waals surface area contributed by atoms with Crippen LogP contribution in [0.25, 0.3) is 0 Å². The summed E-state index contributed by atoms with van der Waals surface area (Å²) in [4.78, 5) is 13.7. The summed E-state index contributed by atoms with van der Waals surface area (Å²) in [6.07, 6.45) is 1.50. The van der Waals surface area contributed by atoms with Gasteiger partial charge in [-0.25, -0.2) is 9.19 Å². The summed E-state index contributed by atoms with van der Waals surface area (Å²) in [7, 11) is -1.58. The molecule has 0 N–H and O–H groups in total. The second-order valence-corrected chi connectivity index (χ2v) is 2.77. The second-order valence-electron chi connectivity index (χ2n) is 1.56. The van der Waals surface area contributed by atoms with Gasteiger partial charge in [0.25, 0.3) is 0 Å². The van der Waals surface area contributed by atoms with Gasteiger partial charge in [0.2, 0.25) is 5.62 Å². The number of rotatable bonds is 2. The van der Waals surface area contributed by atoms with E-state index in [1.54, 1.807) is 18.2 Å². The largest absolute Gasteiger partial charge is 0.288 e. The highest BCUT2D eigenvalue weighted by Crippen LogP contribution is 1.96. The molecule has 1 heterocycles. The Balaban J connectivity index is 2.95. The average molecular weight is 155 g/mol. The van der Waals surface area contributed by atoms with Crippen molar-refractivity contribution in [3.8, 4) is 0 Å². The van der Waals surface area contributed by atoms with Crippen molar-refractivity contribution in [2.45, 2.75) is 5.03 Å². The normalized spacial score (nSPS) is 12.4. The quantitative estimate of drug-likeness (QED) is 0.580. The summed E-state index contributed by atoms with van der Waals surface area (Å²) in [5, 5.41) is 0.303. The standard InChI is InChI=1S/C6H5NO2S/c8-5-10(9)6-3-1-2-4-7-6/h1-5H. The van der Waals surface area contributed by atoms with Gasteiger partial charge in [-0.15, -0.1) is 0 Å². The highest BCUT2D eigenvalue weighted by Gasteiger charge is 1.99. The van der Waals surface area contributed by atoms with E-state index in [0.717, 1.165) is 0 Å². The zero-order chi connectivity index (χ0) is 7.40. The predicted molar refractivity (Wildman–Crippen MR) is 37.4 cm³/mol. The maximum atomic E-state index is 10.7. The fraction of sp³-hybridized carbons (Fsp3) is 0. The van der Waals surface area contributed by atoms with E-state index < -0.39 is 10.8 Å². The summed E-state index contributed by atoms with van der Waals surface area (Å²) >= 11 is 0. The first-order chi connectivity index (χ1) is 4.84. The van der Waals surface area contributed by atoms with Gasteiger partial charge in [-0.1, -0.05) is 6.07 Å². The molecule has 0 aliphatic heterocycles. The summed E-state index contributed by atoms with van der Waals surface area (Å²) in [5.41, 5.74) is 0.363. The fourth-order valence-electron chi connectivity index (χ4n) is 0.515. The van der Waals surface area contributed by atoms with E-state index in [1.165, 1.54) is 6.20 Å². The summed E-state index contributed by atoms with van der Waals surface area (Å²) in [5.74, 6) is 0. The molecule has 10 heavy (non-hydrogen) atoms. The number of carbonyl (C=O) groups is 1. The maximum Gasteiger partial charge on any atom is 0.212 e. The molecule has 1 atom stereocenters. The van der Waals surface area contributed by atoms with Crippen LogP contribution in [0.5, 0.6) is 0 Å². The van der Waals surface area contributed by atoms with E-state index >= 15 is 0 Å². The molecule has 1 rings (SSSR count). The Morgan fingerprint density at radius 3 is 2.80 bits per heavy atom. The van der Waals surface area contributed by atoms with Gasteiger partial charge < -0.3 is 0 Å². The van der Waals surface area contributed by atoms with Crippen LogP contribution >= 0.6 is 0 Å². The molecule has 0 aliphatic rings. The molecule has 1 aromatic rings. The minimum atomic E-state index is -1.58. The van der Waals surface area contributed by atoms with Crippen LogP contribution in [0.4, 0.5) is 0 Å². The van der Waals surface area contributed by atoms with Crippen LogP contribution in [-0.4, -0.2) is 14.8 Å². The van der Waals surface area contributed by atoms with Gasteiger partial charge in [0.15, 0.2) is 0 Å². The number of aromatic nitrogens is 1. The summed E-state index contributed by atoms with van der Waals surface area (Å²) in [6.45, 7) is 0. The molecule has 0 radical (unpaired) electrons. The zero-order valence-corrected chi connectivity index (χ0v) is 5.88. The molecule has 4 heteroatoms. The van der Waals surface area contributed by atoms with E-state index in [-0.39, 0.29) is 0 Å². The number of hydrogen-bond donors (Lipinski definition) is 0. The molecule has 0 saturated heterocycles. The zero-order valence-electron chi connectivity index (χ0n) is 5.06. The van der Waals surface area contributed by atoms with Crippen molar-refractivity contribution in [1.29, 1.82) is 0 Å². The molecular weight excluding hydrogens is 150 g/mol. The van der Waals surface area contributed by atoms with Gasteiger partial charge in [-0.05, 0) is 12.1 Å². The van der Waals surface area contributed by atoms with Crippen LogP contribution < -0.4 is 0 Å². The molecule has 0 aliphatic carbocycles. The van der Waals surface area contributed by atoms with E-state index in [0.29, 0.717) is 10.6 Å². The first kappa shape index (κ1) is 7.08. The molecule has 0 aromatic carbocycles. The van der Waals surface area contributed by atoms with E-state index in [4.69, 9.17) is 0 Å². The Labute approximate surface area is 60.6 Å². The Kier molecular flexibility index (Phi) is 2.28. The van der Waals surface area contributed by atoms with E-state index in [1.807, 2.05) is 0 Å². The van der Waals surface area contributed by atoms with Gasteiger partial charge in [0.05, 0.1) is 0 Å². The number of carbonyl (C=O) groups excluding carboxylic acids is 1. The lowest BCUT2D eigenvalue weighted by molar-refractivity contribution is 0.566. The molecule has 52 valence electrons. The minimum Gasteiger partial charge on any atom is -0.288 e. The molecule has 0 fully saturated rings. The molecule has 1 aromatic heterocycles. The van der Waals surface area contributed by atoms with Crippen molar-refractivity contribution >= 4 is 16.4 Å². The first-order valence-electron chi connectivity index (χ1n) is 2.61. The first-order valence-corrected chi connectivity index (χ1v) is 3.83. The topological polar surface area (TPSA) is 47.0 Å². The number of pyridine rings is 1. The Morgan fingerprint density at radius 1 is 1.50 bits per heavy atom. The molecule has 0 bridgehead atoms. The molecule has 1 unspecified atom stereocenters. The van der Waals surface area contributed by atoms with E-state index in [9.17, 15) is 9.00 Å². The van der Waals surface area contributed by atoms with Crippen LogP contribution in [0.3, 0.4) is 0 Å². The monoisotopic (exact) mass is 155 g/mol. The third kappa shape index (κ3) is 1.48. The molecule has 0 spiro atoms. The van der Waals surface area contributed by atoms with Gasteiger partial charge in [-0.2, -0.15) is 0 Å². The van der Waals surface area contributed by atoms with E-state index in [2.05, 4.69) is 4.98 Å². The third-order valence-corrected chi connectivity index (χ3v) is 1.76. The van der Waals surface area contributed by atoms with Crippen molar-refractivity contribution in [3.05, 3.63) is 24.4 Å². The molecule has 3 nitrogen and oxygen atoms in total. The lowest BCUT2D eigenvalue weighted by Crippen LogP contribution is -1.93. The maximum absolute atomic E-state index is 10.7. The van der Waals surface area contributed by atoms with Crippen molar-refractivity contribution in [1.82, 2.24) is 4.98 Å². The van der Waals surface area contributed by atoms with Gasteiger partial charge in [-0.3, -0.25) is 4.79 Å². The van der Waals surface area contributed by atoms with Gasteiger partial charge >= 0.3 is 0 Å². The van der Waals surface area contributed by atoms with Crippen LogP contribution in [0, 0.1) is 0 Å². The SMILES string of the molecule is O=CS(=O)c1ccccn1. The van der Waals surface area contributed by atoms with Crippen molar-refractivity contribution < 1.29 is 9.00 Å². The molecule has 0 saturated carbocycles. The Morgan fingerprint density at radius 2 is 2.30 bits per heavy atom. The lowest BCUT2D eigenvalue weighted by atomic mass is 10.5. The smallest absolute Gasteiger partial charge is 0.212 e. The molecule has 0 amide bonds. The van der Waals surface area contributed by atoms with Gasteiger partial charge in [0.1, 0.15) is 15.8 Å². The third-order valence-electron chi connectivity index (χ3n) is 0.931. The summed E-state index contributed by atoms with van der Waals surface area (Å²) in [6, 6.07) is 4.93. The second kappa shape index (κ2) is 3.22. The highest BCUT2D eigenvalue weighted by molar-refractivity contribution is 7.98. The highest BCUT2D eigenvalue weighted by atomic mass is 32.2. The van der Waals surface area contributed by atoms with Gasteiger partial charge in [0, 0.05) is 6.20 Å². The van der Waals surface area contributed by atoms with Crippen molar-refractivity contribution in [2.75, 3.05) is 0 Å². The number of hydrogen-bond acceptors (Lipinski definition) is 3.